The molecule has 1 aliphatic rings. The zero-order valence-electron chi connectivity index (χ0n) is 10.5. The van der Waals surface area contributed by atoms with E-state index in [0.717, 1.165) is 11.7 Å². The SMILES string of the molecule is CCCC1CCC(Nc2cccc(Cl)n2)CC1. The highest BCUT2D eigenvalue weighted by Gasteiger charge is 2.20. The van der Waals surface area contributed by atoms with Crippen LogP contribution in [0.3, 0.4) is 0 Å². The van der Waals surface area contributed by atoms with Crippen molar-refractivity contribution in [3.05, 3.63) is 23.4 Å². The molecule has 0 unspecified atom stereocenters. The van der Waals surface area contributed by atoms with Gasteiger partial charge >= 0.3 is 0 Å². The number of nitrogens with zero attached hydrogens (tertiary/aromatic N) is 1. The molecule has 3 heteroatoms. The number of hydrogen-bond donors (Lipinski definition) is 1. The average Bonchev–Trinajstić information content (AvgIpc) is 2.32. The summed E-state index contributed by atoms with van der Waals surface area (Å²) in [6, 6.07) is 6.32. The minimum atomic E-state index is 0.565. The second kappa shape index (κ2) is 6.25. The first-order valence-electron chi connectivity index (χ1n) is 6.67. The lowest BCUT2D eigenvalue weighted by molar-refractivity contribution is 0.318. The van der Waals surface area contributed by atoms with Gasteiger partial charge in [-0.25, -0.2) is 4.98 Å². The summed E-state index contributed by atoms with van der Waals surface area (Å²) in [5.41, 5.74) is 0. The van der Waals surface area contributed by atoms with E-state index in [1.165, 1.54) is 38.5 Å². The van der Waals surface area contributed by atoms with Crippen molar-refractivity contribution in [1.82, 2.24) is 4.98 Å². The van der Waals surface area contributed by atoms with E-state index in [1.54, 1.807) is 0 Å². The fourth-order valence-electron chi connectivity index (χ4n) is 2.70. The highest BCUT2D eigenvalue weighted by molar-refractivity contribution is 6.29. The minimum absolute atomic E-state index is 0.565. The van der Waals surface area contributed by atoms with Crippen molar-refractivity contribution in [3.8, 4) is 0 Å². The summed E-state index contributed by atoms with van der Waals surface area (Å²) in [5, 5.41) is 4.05. The Morgan fingerprint density at radius 3 is 2.71 bits per heavy atom. The summed E-state index contributed by atoms with van der Waals surface area (Å²) >= 11 is 5.88. The largest absolute Gasteiger partial charge is 0.367 e. The quantitative estimate of drug-likeness (QED) is 0.798. The van der Waals surface area contributed by atoms with Crippen LogP contribution in [0.1, 0.15) is 45.4 Å². The maximum absolute atomic E-state index is 5.88. The molecule has 0 aromatic carbocycles. The number of aromatic nitrogens is 1. The molecule has 1 aliphatic carbocycles. The summed E-state index contributed by atoms with van der Waals surface area (Å²) < 4.78 is 0. The molecule has 94 valence electrons. The summed E-state index contributed by atoms with van der Waals surface area (Å²) in [5.74, 6) is 1.86. The van der Waals surface area contributed by atoms with Gasteiger partial charge < -0.3 is 5.32 Å². The predicted octanol–water partition coefficient (Wildman–Crippen LogP) is 4.51. The molecule has 0 saturated heterocycles. The molecule has 0 spiro atoms. The fraction of sp³-hybridized carbons (Fsp3) is 0.643. The van der Waals surface area contributed by atoms with Crippen molar-refractivity contribution in [2.45, 2.75) is 51.5 Å². The lowest BCUT2D eigenvalue weighted by Crippen LogP contribution is -2.26. The molecule has 1 saturated carbocycles. The average molecular weight is 253 g/mol. The highest BCUT2D eigenvalue weighted by atomic mass is 35.5. The monoisotopic (exact) mass is 252 g/mol. The smallest absolute Gasteiger partial charge is 0.131 e. The number of halogens is 1. The molecular weight excluding hydrogens is 232 g/mol. The molecule has 1 heterocycles. The minimum Gasteiger partial charge on any atom is -0.367 e. The molecule has 0 atom stereocenters. The van der Waals surface area contributed by atoms with Crippen molar-refractivity contribution >= 4 is 17.4 Å². The van der Waals surface area contributed by atoms with Crippen molar-refractivity contribution in [3.63, 3.8) is 0 Å². The van der Waals surface area contributed by atoms with Gasteiger partial charge in [-0.15, -0.1) is 0 Å². The number of anilines is 1. The topological polar surface area (TPSA) is 24.9 Å². The molecule has 17 heavy (non-hydrogen) atoms. The maximum atomic E-state index is 5.88. The van der Waals surface area contributed by atoms with E-state index >= 15 is 0 Å². The highest BCUT2D eigenvalue weighted by Crippen LogP contribution is 2.29. The molecular formula is C14H21ClN2. The van der Waals surface area contributed by atoms with Gasteiger partial charge in [-0.05, 0) is 43.7 Å². The number of nitrogens with one attached hydrogen (secondary N) is 1. The molecule has 1 aromatic rings. The molecule has 0 aliphatic heterocycles. The zero-order chi connectivity index (χ0) is 12.1. The van der Waals surface area contributed by atoms with Crippen LogP contribution in [0.15, 0.2) is 18.2 Å². The third-order valence-electron chi connectivity index (χ3n) is 3.61. The van der Waals surface area contributed by atoms with Gasteiger partial charge in [0, 0.05) is 6.04 Å². The summed E-state index contributed by atoms with van der Waals surface area (Å²) in [7, 11) is 0. The molecule has 2 rings (SSSR count). The van der Waals surface area contributed by atoms with Crippen LogP contribution < -0.4 is 5.32 Å². The predicted molar refractivity (Wildman–Crippen MR) is 73.5 cm³/mol. The normalized spacial score (nSPS) is 24.6. The van der Waals surface area contributed by atoms with Gasteiger partial charge in [-0.3, -0.25) is 0 Å². The van der Waals surface area contributed by atoms with Crippen LogP contribution in [0.25, 0.3) is 0 Å². The summed E-state index contributed by atoms with van der Waals surface area (Å²) in [4.78, 5) is 4.28. The van der Waals surface area contributed by atoms with E-state index in [-0.39, 0.29) is 0 Å². The van der Waals surface area contributed by atoms with Crippen LogP contribution >= 0.6 is 11.6 Å². The standard InChI is InChI=1S/C14H21ClN2/c1-2-4-11-7-9-12(10-8-11)16-14-6-3-5-13(15)17-14/h3,5-6,11-12H,2,4,7-10H2,1H3,(H,16,17). The lowest BCUT2D eigenvalue weighted by atomic mass is 9.83. The van der Waals surface area contributed by atoms with Gasteiger partial charge in [0.2, 0.25) is 0 Å². The Kier molecular flexibility index (Phi) is 4.66. The number of pyridine rings is 1. The van der Waals surface area contributed by atoms with E-state index in [9.17, 15) is 0 Å². The van der Waals surface area contributed by atoms with Crippen molar-refractivity contribution in [1.29, 1.82) is 0 Å². The molecule has 0 radical (unpaired) electrons. The Morgan fingerprint density at radius 1 is 1.29 bits per heavy atom. The van der Waals surface area contributed by atoms with Crippen LogP contribution in [-0.4, -0.2) is 11.0 Å². The van der Waals surface area contributed by atoms with E-state index < -0.39 is 0 Å². The van der Waals surface area contributed by atoms with E-state index in [1.807, 2.05) is 18.2 Å². The Balaban J connectivity index is 1.82. The van der Waals surface area contributed by atoms with Gasteiger partial charge in [-0.2, -0.15) is 0 Å². The first kappa shape index (κ1) is 12.7. The second-order valence-corrected chi connectivity index (χ2v) is 5.38. The van der Waals surface area contributed by atoms with E-state index in [0.29, 0.717) is 11.2 Å². The molecule has 0 amide bonds. The van der Waals surface area contributed by atoms with Crippen LogP contribution in [0, 0.1) is 5.92 Å². The van der Waals surface area contributed by atoms with Gasteiger partial charge in [-0.1, -0.05) is 37.4 Å². The second-order valence-electron chi connectivity index (χ2n) is 5.00. The maximum Gasteiger partial charge on any atom is 0.131 e. The first-order valence-corrected chi connectivity index (χ1v) is 7.05. The molecule has 1 fully saturated rings. The van der Waals surface area contributed by atoms with Crippen molar-refractivity contribution < 1.29 is 0 Å². The summed E-state index contributed by atoms with van der Waals surface area (Å²) in [6.45, 7) is 2.28. The van der Waals surface area contributed by atoms with Crippen molar-refractivity contribution in [2.24, 2.45) is 5.92 Å². The zero-order valence-corrected chi connectivity index (χ0v) is 11.2. The van der Waals surface area contributed by atoms with Crippen LogP contribution in [-0.2, 0) is 0 Å². The van der Waals surface area contributed by atoms with Crippen molar-refractivity contribution in [2.75, 3.05) is 5.32 Å². The third-order valence-corrected chi connectivity index (χ3v) is 3.82. The third kappa shape index (κ3) is 3.88. The molecule has 1 aromatic heterocycles. The first-order chi connectivity index (χ1) is 8.28. The Morgan fingerprint density at radius 2 is 2.06 bits per heavy atom. The Hall–Kier alpha value is -0.760. The van der Waals surface area contributed by atoms with Gasteiger partial charge in [0.1, 0.15) is 11.0 Å². The van der Waals surface area contributed by atoms with E-state index in [4.69, 9.17) is 11.6 Å². The van der Waals surface area contributed by atoms with Crippen LogP contribution in [0.4, 0.5) is 5.82 Å². The van der Waals surface area contributed by atoms with Crippen LogP contribution in [0.5, 0.6) is 0 Å². The lowest BCUT2D eigenvalue weighted by Gasteiger charge is -2.29. The molecule has 0 bridgehead atoms. The van der Waals surface area contributed by atoms with Gasteiger partial charge in [0.05, 0.1) is 0 Å². The Bertz CT molecular complexity index is 346. The van der Waals surface area contributed by atoms with Gasteiger partial charge in [0.15, 0.2) is 0 Å². The number of hydrogen-bond acceptors (Lipinski definition) is 2. The van der Waals surface area contributed by atoms with Crippen LogP contribution in [0.2, 0.25) is 5.15 Å². The molecule has 2 nitrogen and oxygen atoms in total. The Labute approximate surface area is 109 Å². The fourth-order valence-corrected chi connectivity index (χ4v) is 2.87. The molecule has 1 N–H and O–H groups in total. The summed E-state index contributed by atoms with van der Waals surface area (Å²) in [6.07, 6.45) is 7.94. The number of rotatable bonds is 4. The van der Waals surface area contributed by atoms with Gasteiger partial charge in [0.25, 0.3) is 0 Å². The van der Waals surface area contributed by atoms with E-state index in [2.05, 4.69) is 17.2 Å².